The molecule has 0 spiro atoms. The van der Waals surface area contributed by atoms with Crippen LogP contribution in [0, 0.1) is 31.0 Å². The van der Waals surface area contributed by atoms with E-state index in [4.69, 9.17) is 4.74 Å². The van der Waals surface area contributed by atoms with Crippen LogP contribution in [0.4, 0.5) is 10.1 Å². The van der Waals surface area contributed by atoms with Crippen molar-refractivity contribution in [3.05, 3.63) is 89.2 Å². The number of sulfonamides is 1. The summed E-state index contributed by atoms with van der Waals surface area (Å²) < 4.78 is 47.7. The SMILES string of the molecule is COc1ccc(N(CCC(=O)NC(C#N)c2ccccc2F)S(=O)(=O)c2ccc(C)cc2C)cc1. The molecule has 0 aliphatic rings. The van der Waals surface area contributed by atoms with E-state index in [0.29, 0.717) is 17.0 Å². The standard InChI is InChI=1S/C26H26FN3O4S/c1-18-8-13-25(19(2)16-18)35(32,33)30(20-9-11-21(34-3)12-10-20)15-14-26(31)29-24(17-28)22-6-4-5-7-23(22)27/h4-13,16,24H,14-15H2,1-3H3,(H,29,31). The highest BCUT2D eigenvalue weighted by Gasteiger charge is 2.28. The van der Waals surface area contributed by atoms with Crippen LogP contribution in [0.15, 0.2) is 71.6 Å². The number of benzene rings is 3. The second-order valence-corrected chi connectivity index (χ2v) is 9.78. The van der Waals surface area contributed by atoms with Gasteiger partial charge in [0.25, 0.3) is 10.0 Å². The fourth-order valence-electron chi connectivity index (χ4n) is 3.67. The van der Waals surface area contributed by atoms with E-state index in [1.807, 2.05) is 13.0 Å². The third-order valence-corrected chi connectivity index (χ3v) is 7.44. The third kappa shape index (κ3) is 5.97. The first-order valence-electron chi connectivity index (χ1n) is 10.8. The van der Waals surface area contributed by atoms with Crippen LogP contribution in [0.25, 0.3) is 0 Å². The summed E-state index contributed by atoms with van der Waals surface area (Å²) >= 11 is 0. The summed E-state index contributed by atoms with van der Waals surface area (Å²) in [6, 6.07) is 17.8. The van der Waals surface area contributed by atoms with Crippen molar-refractivity contribution in [2.24, 2.45) is 0 Å². The smallest absolute Gasteiger partial charge is 0.264 e. The molecule has 1 atom stereocenters. The van der Waals surface area contributed by atoms with E-state index in [-0.39, 0.29) is 23.4 Å². The molecule has 0 saturated carbocycles. The maximum atomic E-state index is 14.1. The summed E-state index contributed by atoms with van der Waals surface area (Å²) in [6.45, 7) is 3.39. The van der Waals surface area contributed by atoms with Crippen LogP contribution in [0.1, 0.15) is 29.2 Å². The van der Waals surface area contributed by atoms with Crippen molar-refractivity contribution >= 4 is 21.6 Å². The van der Waals surface area contributed by atoms with Gasteiger partial charge in [0.05, 0.1) is 23.8 Å². The minimum Gasteiger partial charge on any atom is -0.497 e. The van der Waals surface area contributed by atoms with E-state index in [1.54, 1.807) is 55.5 Å². The topological polar surface area (TPSA) is 99.5 Å². The number of hydrogen-bond donors (Lipinski definition) is 1. The van der Waals surface area contributed by atoms with Crippen LogP contribution in [-0.2, 0) is 14.8 Å². The lowest BCUT2D eigenvalue weighted by Crippen LogP contribution is -2.36. The number of aryl methyl sites for hydroxylation is 2. The number of carbonyl (C=O) groups excluding carboxylic acids is 1. The molecule has 35 heavy (non-hydrogen) atoms. The van der Waals surface area contributed by atoms with Gasteiger partial charge in [0, 0.05) is 18.5 Å². The first kappa shape index (κ1) is 25.7. The molecule has 3 rings (SSSR count). The molecule has 1 unspecified atom stereocenters. The van der Waals surface area contributed by atoms with Crippen molar-refractivity contribution in [3.63, 3.8) is 0 Å². The number of rotatable bonds is 9. The Morgan fingerprint density at radius 2 is 1.80 bits per heavy atom. The molecule has 0 radical (unpaired) electrons. The van der Waals surface area contributed by atoms with Gasteiger partial charge in [0.1, 0.15) is 17.6 Å². The molecule has 3 aromatic rings. The van der Waals surface area contributed by atoms with Crippen molar-refractivity contribution in [2.45, 2.75) is 31.2 Å². The van der Waals surface area contributed by atoms with Gasteiger partial charge in [-0.15, -0.1) is 0 Å². The third-order valence-electron chi connectivity index (χ3n) is 5.45. The Balaban J connectivity index is 1.88. The average Bonchev–Trinajstić information content (AvgIpc) is 2.83. The summed E-state index contributed by atoms with van der Waals surface area (Å²) in [4.78, 5) is 12.8. The number of carbonyl (C=O) groups is 1. The molecule has 0 saturated heterocycles. The Morgan fingerprint density at radius 1 is 1.11 bits per heavy atom. The largest absolute Gasteiger partial charge is 0.497 e. The predicted octanol–water partition coefficient (Wildman–Crippen LogP) is 4.42. The van der Waals surface area contributed by atoms with E-state index in [0.717, 1.165) is 9.87 Å². The summed E-state index contributed by atoms with van der Waals surface area (Å²) in [7, 11) is -2.52. The van der Waals surface area contributed by atoms with Crippen molar-refractivity contribution in [1.82, 2.24) is 5.32 Å². The van der Waals surface area contributed by atoms with Crippen molar-refractivity contribution in [1.29, 1.82) is 5.26 Å². The van der Waals surface area contributed by atoms with Gasteiger partial charge in [0.2, 0.25) is 5.91 Å². The Hall–Kier alpha value is -3.90. The molecule has 3 aromatic carbocycles. The number of nitrogens with one attached hydrogen (secondary N) is 1. The molecule has 0 aromatic heterocycles. The van der Waals surface area contributed by atoms with Gasteiger partial charge in [-0.25, -0.2) is 12.8 Å². The zero-order valence-electron chi connectivity index (χ0n) is 19.7. The number of methoxy groups -OCH3 is 1. The van der Waals surface area contributed by atoms with Crippen LogP contribution >= 0.6 is 0 Å². The molecule has 1 amide bonds. The molecule has 9 heteroatoms. The molecule has 0 bridgehead atoms. The number of halogens is 1. The lowest BCUT2D eigenvalue weighted by molar-refractivity contribution is -0.121. The molecule has 1 N–H and O–H groups in total. The Labute approximate surface area is 204 Å². The maximum Gasteiger partial charge on any atom is 0.264 e. The summed E-state index contributed by atoms with van der Waals surface area (Å²) in [5.41, 5.74) is 1.90. The molecule has 182 valence electrons. The number of nitriles is 1. The van der Waals surface area contributed by atoms with Crippen molar-refractivity contribution in [3.8, 4) is 11.8 Å². The van der Waals surface area contributed by atoms with Gasteiger partial charge in [0.15, 0.2) is 0 Å². The summed E-state index contributed by atoms with van der Waals surface area (Å²) in [5, 5.41) is 11.9. The molecule has 0 heterocycles. The van der Waals surface area contributed by atoms with Gasteiger partial charge in [-0.3, -0.25) is 9.10 Å². The zero-order valence-corrected chi connectivity index (χ0v) is 20.5. The fraction of sp³-hybridized carbons (Fsp3) is 0.231. The van der Waals surface area contributed by atoms with Gasteiger partial charge >= 0.3 is 0 Å². The van der Waals surface area contributed by atoms with Crippen molar-refractivity contribution < 1.29 is 22.3 Å². The highest BCUT2D eigenvalue weighted by atomic mass is 32.2. The number of amides is 1. The summed E-state index contributed by atoms with van der Waals surface area (Å²) in [5.74, 6) is -0.650. The number of hydrogen-bond acceptors (Lipinski definition) is 5. The summed E-state index contributed by atoms with van der Waals surface area (Å²) in [6.07, 6.45) is -0.247. The number of ether oxygens (including phenoxy) is 1. The molecule has 0 aliphatic carbocycles. The van der Waals surface area contributed by atoms with Gasteiger partial charge < -0.3 is 10.1 Å². The predicted molar refractivity (Wildman–Crippen MR) is 131 cm³/mol. The highest BCUT2D eigenvalue weighted by Crippen LogP contribution is 2.28. The molecule has 0 fully saturated rings. The molecule has 0 aliphatic heterocycles. The van der Waals surface area contributed by atoms with Gasteiger partial charge in [-0.05, 0) is 55.8 Å². The normalized spacial score (nSPS) is 11.9. The van der Waals surface area contributed by atoms with E-state index >= 15 is 0 Å². The van der Waals surface area contributed by atoms with Crippen LogP contribution in [0.2, 0.25) is 0 Å². The molecular weight excluding hydrogens is 469 g/mol. The first-order chi connectivity index (χ1) is 16.7. The lowest BCUT2D eigenvalue weighted by Gasteiger charge is -2.26. The van der Waals surface area contributed by atoms with E-state index < -0.39 is 27.8 Å². The number of nitrogens with zero attached hydrogens (tertiary/aromatic N) is 2. The Morgan fingerprint density at radius 3 is 2.40 bits per heavy atom. The second-order valence-electron chi connectivity index (χ2n) is 7.95. The van der Waals surface area contributed by atoms with Crippen molar-refractivity contribution in [2.75, 3.05) is 18.0 Å². The van der Waals surface area contributed by atoms with Crippen LogP contribution in [0.5, 0.6) is 5.75 Å². The maximum absolute atomic E-state index is 14.1. The van der Waals surface area contributed by atoms with E-state index in [9.17, 15) is 22.9 Å². The fourth-order valence-corrected chi connectivity index (χ4v) is 5.34. The molecular formula is C26H26FN3O4S. The van der Waals surface area contributed by atoms with Crippen LogP contribution < -0.4 is 14.4 Å². The van der Waals surface area contributed by atoms with Crippen LogP contribution in [0.3, 0.4) is 0 Å². The van der Waals surface area contributed by atoms with Gasteiger partial charge in [-0.2, -0.15) is 5.26 Å². The minimum atomic E-state index is -4.02. The average molecular weight is 496 g/mol. The lowest BCUT2D eigenvalue weighted by atomic mass is 10.1. The van der Waals surface area contributed by atoms with Gasteiger partial charge in [-0.1, -0.05) is 35.9 Å². The Bertz CT molecular complexity index is 1350. The quantitative estimate of drug-likeness (QED) is 0.474. The van der Waals surface area contributed by atoms with Crippen LogP contribution in [-0.4, -0.2) is 28.0 Å². The monoisotopic (exact) mass is 495 g/mol. The number of anilines is 1. The minimum absolute atomic E-state index is 0.0401. The first-order valence-corrected chi connectivity index (χ1v) is 12.3. The van der Waals surface area contributed by atoms with E-state index in [2.05, 4.69) is 5.32 Å². The Kier molecular flexibility index (Phi) is 8.10. The highest BCUT2D eigenvalue weighted by molar-refractivity contribution is 7.92. The zero-order chi connectivity index (χ0) is 25.6. The second kappa shape index (κ2) is 11.0. The molecule has 7 nitrogen and oxygen atoms in total. The van der Waals surface area contributed by atoms with E-state index in [1.165, 1.54) is 25.3 Å².